The van der Waals surface area contributed by atoms with Gasteiger partial charge in [-0.05, 0) is 76.3 Å². The van der Waals surface area contributed by atoms with Crippen molar-refractivity contribution >= 4 is 35.1 Å². The van der Waals surface area contributed by atoms with Crippen LogP contribution in [0.25, 0.3) is 11.1 Å². The van der Waals surface area contributed by atoms with Crippen LogP contribution < -0.4 is 14.8 Å². The highest BCUT2D eigenvalue weighted by Gasteiger charge is 2.22. The second-order valence-electron chi connectivity index (χ2n) is 11.2. The summed E-state index contributed by atoms with van der Waals surface area (Å²) in [6, 6.07) is 32.7. The van der Waals surface area contributed by atoms with Crippen LogP contribution in [0, 0.1) is 0 Å². The summed E-state index contributed by atoms with van der Waals surface area (Å²) < 4.78 is 21.7. The molecule has 9 heteroatoms. The number of amides is 1. The van der Waals surface area contributed by atoms with Gasteiger partial charge >= 0.3 is 12.1 Å². The lowest BCUT2D eigenvalue weighted by atomic mass is 10.0. The van der Waals surface area contributed by atoms with E-state index in [2.05, 4.69) is 24.0 Å². The zero-order chi connectivity index (χ0) is 34.2. The number of nitrogens with one attached hydrogen (secondary N) is 1. The second-order valence-corrected chi connectivity index (χ2v) is 11.6. The molecular weight excluding hydrogens is 642 g/mol. The molecule has 0 radical (unpaired) electrons. The fourth-order valence-corrected chi connectivity index (χ4v) is 5.71. The lowest BCUT2D eigenvalue weighted by molar-refractivity contribution is -0.144. The molecule has 8 nitrogen and oxygen atoms in total. The van der Waals surface area contributed by atoms with Crippen molar-refractivity contribution in [3.05, 3.63) is 160 Å². The molecule has 49 heavy (non-hydrogen) atoms. The van der Waals surface area contributed by atoms with E-state index >= 15 is 0 Å². The zero-order valence-corrected chi connectivity index (χ0v) is 27.2. The number of hydrogen-bond donors (Lipinski definition) is 1. The van der Waals surface area contributed by atoms with Crippen LogP contribution >= 0.6 is 11.6 Å². The standard InChI is InChI=1S/C40H32ClNO7/c1-2-20-46-37(43)25-48-32-15-10-26(11-16-32)23-47-33-17-12-27(13-18-33)39(44)29-7-5-8-31(21-29)42-40(45)49-24-30-14-19-35-34-9-4-3-6-28(34)22-36(35)38(30)41/h2-19,21H,1,20,22-25H2,(H,42,45). The Morgan fingerprint density at radius 1 is 0.755 bits per heavy atom. The molecule has 0 bridgehead atoms. The predicted molar refractivity (Wildman–Crippen MR) is 187 cm³/mol. The molecule has 246 valence electrons. The van der Waals surface area contributed by atoms with Gasteiger partial charge in [-0.25, -0.2) is 9.59 Å². The molecule has 0 heterocycles. The number of esters is 1. The molecule has 0 fully saturated rings. The largest absolute Gasteiger partial charge is 0.489 e. The molecule has 1 aliphatic carbocycles. The van der Waals surface area contributed by atoms with E-state index in [4.69, 9.17) is 30.5 Å². The van der Waals surface area contributed by atoms with E-state index in [0.29, 0.717) is 39.9 Å². The number of rotatable bonds is 13. The molecule has 5 aromatic carbocycles. The lowest BCUT2D eigenvalue weighted by Crippen LogP contribution is -2.14. The molecule has 6 rings (SSSR count). The van der Waals surface area contributed by atoms with Crippen LogP contribution in [-0.4, -0.2) is 31.1 Å². The highest BCUT2D eigenvalue weighted by atomic mass is 35.5. The van der Waals surface area contributed by atoms with Gasteiger partial charge in [-0.2, -0.15) is 0 Å². The van der Waals surface area contributed by atoms with Crippen molar-refractivity contribution in [3.63, 3.8) is 0 Å². The molecule has 0 saturated carbocycles. The van der Waals surface area contributed by atoms with Crippen LogP contribution in [0.15, 0.2) is 122 Å². The molecule has 0 spiro atoms. The van der Waals surface area contributed by atoms with E-state index in [1.165, 1.54) is 17.2 Å². The summed E-state index contributed by atoms with van der Waals surface area (Å²) in [5.74, 6) is 0.440. The summed E-state index contributed by atoms with van der Waals surface area (Å²) in [7, 11) is 0. The number of carbonyl (C=O) groups is 3. The molecule has 1 aliphatic rings. The normalized spacial score (nSPS) is 11.1. The maximum atomic E-state index is 13.2. The van der Waals surface area contributed by atoms with Gasteiger partial charge in [-0.3, -0.25) is 10.1 Å². The maximum Gasteiger partial charge on any atom is 0.411 e. The first-order valence-electron chi connectivity index (χ1n) is 15.6. The van der Waals surface area contributed by atoms with E-state index in [1.807, 2.05) is 36.4 Å². The van der Waals surface area contributed by atoms with Crippen LogP contribution in [-0.2, 0) is 33.9 Å². The van der Waals surface area contributed by atoms with Gasteiger partial charge < -0.3 is 18.9 Å². The first-order valence-corrected chi connectivity index (χ1v) is 15.9. The molecular formula is C40H32ClNO7. The molecule has 0 saturated heterocycles. The first-order chi connectivity index (χ1) is 23.9. The summed E-state index contributed by atoms with van der Waals surface area (Å²) in [5, 5.41) is 3.30. The number of benzene rings is 5. The maximum absolute atomic E-state index is 13.2. The Balaban J connectivity index is 0.984. The summed E-state index contributed by atoms with van der Waals surface area (Å²) in [6.07, 6.45) is 1.58. The third-order valence-electron chi connectivity index (χ3n) is 7.89. The van der Waals surface area contributed by atoms with Crippen molar-refractivity contribution in [1.29, 1.82) is 0 Å². The second kappa shape index (κ2) is 15.4. The minimum absolute atomic E-state index is 0.00969. The van der Waals surface area contributed by atoms with Crippen LogP contribution in [0.4, 0.5) is 10.5 Å². The average molecular weight is 674 g/mol. The minimum atomic E-state index is -0.655. The molecule has 1 amide bonds. The Hall–Kier alpha value is -5.86. The Kier molecular flexibility index (Phi) is 10.4. The summed E-state index contributed by atoms with van der Waals surface area (Å²) in [5.41, 5.74) is 7.46. The van der Waals surface area contributed by atoms with Crippen LogP contribution in [0.2, 0.25) is 5.02 Å². The first kappa shape index (κ1) is 33.1. The number of hydrogen-bond acceptors (Lipinski definition) is 7. The van der Waals surface area contributed by atoms with Crippen LogP contribution in [0.5, 0.6) is 11.5 Å². The highest BCUT2D eigenvalue weighted by Crippen LogP contribution is 2.41. The van der Waals surface area contributed by atoms with E-state index < -0.39 is 12.1 Å². The lowest BCUT2D eigenvalue weighted by Gasteiger charge is -2.12. The molecule has 0 aliphatic heterocycles. The van der Waals surface area contributed by atoms with E-state index in [9.17, 15) is 14.4 Å². The third-order valence-corrected chi connectivity index (χ3v) is 8.36. The topological polar surface area (TPSA) is 100 Å². The van der Waals surface area contributed by atoms with Crippen molar-refractivity contribution in [2.75, 3.05) is 18.5 Å². The van der Waals surface area contributed by atoms with Crippen molar-refractivity contribution in [2.24, 2.45) is 0 Å². The van der Waals surface area contributed by atoms with Gasteiger partial charge in [0.25, 0.3) is 0 Å². The number of halogens is 1. The number of anilines is 1. The van der Waals surface area contributed by atoms with Gasteiger partial charge in [-0.15, -0.1) is 0 Å². The Morgan fingerprint density at radius 2 is 1.51 bits per heavy atom. The number of ether oxygens (including phenoxy) is 4. The van der Waals surface area contributed by atoms with E-state index in [1.54, 1.807) is 60.7 Å². The Morgan fingerprint density at radius 3 is 2.31 bits per heavy atom. The summed E-state index contributed by atoms with van der Waals surface area (Å²) in [4.78, 5) is 37.5. The minimum Gasteiger partial charge on any atom is -0.489 e. The molecule has 0 atom stereocenters. The third kappa shape index (κ3) is 8.17. The average Bonchev–Trinajstić information content (AvgIpc) is 3.52. The Labute approximate surface area is 288 Å². The van der Waals surface area contributed by atoms with Crippen molar-refractivity contribution in [2.45, 2.75) is 19.6 Å². The Bertz CT molecular complexity index is 2010. The smallest absolute Gasteiger partial charge is 0.411 e. The zero-order valence-electron chi connectivity index (χ0n) is 26.4. The van der Waals surface area contributed by atoms with Crippen LogP contribution in [0.1, 0.15) is 38.2 Å². The van der Waals surface area contributed by atoms with Gasteiger partial charge in [0, 0.05) is 28.8 Å². The van der Waals surface area contributed by atoms with Gasteiger partial charge in [0.1, 0.15) is 31.3 Å². The quantitative estimate of drug-likeness (QED) is 0.0745. The molecule has 1 N–H and O–H groups in total. The number of fused-ring (bicyclic) bond motifs is 3. The highest BCUT2D eigenvalue weighted by molar-refractivity contribution is 6.32. The summed E-state index contributed by atoms with van der Waals surface area (Å²) >= 11 is 6.72. The van der Waals surface area contributed by atoms with Crippen molar-refractivity contribution < 1.29 is 33.3 Å². The van der Waals surface area contributed by atoms with Crippen molar-refractivity contribution in [1.82, 2.24) is 0 Å². The monoisotopic (exact) mass is 673 g/mol. The fraction of sp³-hybridized carbons (Fsp3) is 0.125. The van der Waals surface area contributed by atoms with E-state index in [-0.39, 0.29) is 25.6 Å². The number of ketones is 1. The van der Waals surface area contributed by atoms with Gasteiger partial charge in [0.2, 0.25) is 0 Å². The predicted octanol–water partition coefficient (Wildman–Crippen LogP) is 8.58. The van der Waals surface area contributed by atoms with E-state index in [0.717, 1.165) is 28.7 Å². The molecule has 0 unspecified atom stereocenters. The van der Waals surface area contributed by atoms with Crippen LogP contribution in [0.3, 0.4) is 0 Å². The van der Waals surface area contributed by atoms with Gasteiger partial charge in [0.15, 0.2) is 12.4 Å². The summed E-state index contributed by atoms with van der Waals surface area (Å²) in [6.45, 7) is 3.75. The number of carbonyl (C=O) groups excluding carboxylic acids is 3. The molecule has 0 aromatic heterocycles. The van der Waals surface area contributed by atoms with Gasteiger partial charge in [0.05, 0.1) is 5.02 Å². The molecule has 5 aromatic rings. The SMILES string of the molecule is C=CCOC(=O)COc1ccc(COc2ccc(C(=O)c3cccc(NC(=O)OCc4ccc5c(c4Cl)Cc4ccccc4-5)c3)cc2)cc1. The van der Waals surface area contributed by atoms with Crippen molar-refractivity contribution in [3.8, 4) is 22.6 Å². The fourth-order valence-electron chi connectivity index (χ4n) is 5.42. The van der Waals surface area contributed by atoms with Gasteiger partial charge in [-0.1, -0.05) is 84.9 Å².